The molecule has 10 heteroatoms. The predicted octanol–water partition coefficient (Wildman–Crippen LogP) is 1.36. The lowest BCUT2D eigenvalue weighted by molar-refractivity contribution is -0.123. The molecule has 1 saturated heterocycles. The van der Waals surface area contributed by atoms with E-state index in [2.05, 4.69) is 20.7 Å². The molecule has 0 aromatic carbocycles. The van der Waals surface area contributed by atoms with E-state index < -0.39 is 5.60 Å². The van der Waals surface area contributed by atoms with Crippen LogP contribution in [0.2, 0.25) is 0 Å². The van der Waals surface area contributed by atoms with Crippen molar-refractivity contribution in [2.45, 2.75) is 71.9 Å². The summed E-state index contributed by atoms with van der Waals surface area (Å²) in [4.78, 5) is 26.9. The summed E-state index contributed by atoms with van der Waals surface area (Å²) in [6, 6.07) is 1.77. The molecule has 4 heterocycles. The topological polar surface area (TPSA) is 107 Å². The first-order valence-corrected chi connectivity index (χ1v) is 11.0. The quantitative estimate of drug-likeness (QED) is 0.743. The maximum Gasteiger partial charge on any atom is 0.272 e. The van der Waals surface area contributed by atoms with Crippen LogP contribution in [-0.4, -0.2) is 60.2 Å². The minimum atomic E-state index is -0.468. The molecule has 2 aliphatic rings. The van der Waals surface area contributed by atoms with E-state index in [0.717, 1.165) is 24.2 Å². The van der Waals surface area contributed by atoms with Crippen molar-refractivity contribution in [2.75, 3.05) is 13.1 Å². The highest BCUT2D eigenvalue weighted by molar-refractivity contribution is 5.92. The molecular weight excluding hydrogens is 398 g/mol. The fourth-order valence-corrected chi connectivity index (χ4v) is 4.40. The highest BCUT2D eigenvalue weighted by atomic mass is 16.5. The van der Waals surface area contributed by atoms with Crippen LogP contribution >= 0.6 is 0 Å². The average Bonchev–Trinajstić information content (AvgIpc) is 3.37. The zero-order chi connectivity index (χ0) is 22.0. The summed E-state index contributed by atoms with van der Waals surface area (Å²) < 4.78 is 9.92. The van der Waals surface area contributed by atoms with Crippen LogP contribution in [0.25, 0.3) is 0 Å². The van der Waals surface area contributed by atoms with Gasteiger partial charge in [-0.05, 0) is 31.7 Å². The van der Waals surface area contributed by atoms with Gasteiger partial charge in [0.2, 0.25) is 5.91 Å². The van der Waals surface area contributed by atoms with E-state index in [9.17, 15) is 9.59 Å². The SMILES string of the molecule is CCn1nccc1C(=O)N1CCCC2(C1)Cn1nnc(CNC(=O)CC(C)C)c1CO2. The Morgan fingerprint density at radius 2 is 2.16 bits per heavy atom. The Labute approximate surface area is 181 Å². The number of hydrogen-bond donors (Lipinski definition) is 1. The molecule has 2 aliphatic heterocycles. The maximum absolute atomic E-state index is 13.1. The number of carbonyl (C=O) groups is 2. The highest BCUT2D eigenvalue weighted by Crippen LogP contribution is 2.33. The number of aromatic nitrogens is 5. The molecule has 4 rings (SSSR count). The summed E-state index contributed by atoms with van der Waals surface area (Å²) in [6.45, 7) is 9.15. The Morgan fingerprint density at radius 1 is 1.32 bits per heavy atom. The van der Waals surface area contributed by atoms with Crippen LogP contribution in [0.1, 0.15) is 61.9 Å². The number of rotatable bonds is 6. The molecule has 10 nitrogen and oxygen atoms in total. The van der Waals surface area contributed by atoms with Crippen molar-refractivity contribution in [3.63, 3.8) is 0 Å². The zero-order valence-corrected chi connectivity index (χ0v) is 18.5. The third-order valence-electron chi connectivity index (χ3n) is 5.98. The Hall–Kier alpha value is -2.75. The van der Waals surface area contributed by atoms with Gasteiger partial charge in [0.25, 0.3) is 5.91 Å². The van der Waals surface area contributed by atoms with Gasteiger partial charge in [-0.1, -0.05) is 19.1 Å². The molecule has 2 amide bonds. The normalized spacial score (nSPS) is 20.8. The molecule has 2 aromatic heterocycles. The zero-order valence-electron chi connectivity index (χ0n) is 18.5. The average molecular weight is 430 g/mol. The fourth-order valence-electron chi connectivity index (χ4n) is 4.40. The monoisotopic (exact) mass is 429 g/mol. The first-order chi connectivity index (χ1) is 14.9. The molecule has 1 unspecified atom stereocenters. The minimum absolute atomic E-state index is 0.0118. The van der Waals surface area contributed by atoms with Gasteiger partial charge in [0.1, 0.15) is 17.0 Å². The molecule has 31 heavy (non-hydrogen) atoms. The second-order valence-electron chi connectivity index (χ2n) is 8.85. The Bertz CT molecular complexity index is 951. The highest BCUT2D eigenvalue weighted by Gasteiger charge is 2.43. The largest absolute Gasteiger partial charge is 0.365 e. The number of ether oxygens (including phenoxy) is 1. The lowest BCUT2D eigenvalue weighted by Crippen LogP contribution is -2.55. The van der Waals surface area contributed by atoms with Crippen molar-refractivity contribution < 1.29 is 14.3 Å². The summed E-state index contributed by atoms with van der Waals surface area (Å²) >= 11 is 0. The van der Waals surface area contributed by atoms with E-state index in [1.54, 1.807) is 16.9 Å². The molecule has 0 bridgehead atoms. The van der Waals surface area contributed by atoms with Crippen LogP contribution in [0.5, 0.6) is 0 Å². The second kappa shape index (κ2) is 8.78. The van der Waals surface area contributed by atoms with Crippen molar-refractivity contribution in [3.8, 4) is 0 Å². The number of nitrogens with zero attached hydrogens (tertiary/aromatic N) is 6. The van der Waals surface area contributed by atoms with Crippen molar-refractivity contribution >= 4 is 11.8 Å². The number of nitrogens with one attached hydrogen (secondary N) is 1. The summed E-state index contributed by atoms with van der Waals surface area (Å²) in [5.74, 6) is 0.308. The van der Waals surface area contributed by atoms with Gasteiger partial charge < -0.3 is 15.0 Å². The van der Waals surface area contributed by atoms with E-state index >= 15 is 0 Å². The van der Waals surface area contributed by atoms with Crippen LogP contribution in [0.15, 0.2) is 12.3 Å². The van der Waals surface area contributed by atoms with Gasteiger partial charge in [-0.25, -0.2) is 4.68 Å². The van der Waals surface area contributed by atoms with Crippen LogP contribution in [0, 0.1) is 5.92 Å². The lowest BCUT2D eigenvalue weighted by atomic mass is 9.91. The molecule has 1 spiro atoms. The van der Waals surface area contributed by atoms with Crippen LogP contribution < -0.4 is 5.32 Å². The van der Waals surface area contributed by atoms with Crippen molar-refractivity contribution in [2.24, 2.45) is 5.92 Å². The lowest BCUT2D eigenvalue weighted by Gasteiger charge is -2.44. The molecule has 0 saturated carbocycles. The van der Waals surface area contributed by atoms with Crippen molar-refractivity contribution in [1.82, 2.24) is 35.0 Å². The summed E-state index contributed by atoms with van der Waals surface area (Å²) in [5.41, 5.74) is 1.77. The number of fused-ring (bicyclic) bond motifs is 1. The Kier molecular flexibility index (Phi) is 6.08. The number of aryl methyl sites for hydroxylation is 1. The molecular formula is C21H31N7O3. The van der Waals surface area contributed by atoms with E-state index in [0.29, 0.717) is 57.4 Å². The van der Waals surface area contributed by atoms with E-state index in [1.807, 2.05) is 30.4 Å². The number of likely N-dealkylation sites (tertiary alicyclic amines) is 1. The Balaban J connectivity index is 1.42. The van der Waals surface area contributed by atoms with Gasteiger partial charge in [-0.2, -0.15) is 5.10 Å². The van der Waals surface area contributed by atoms with Crippen molar-refractivity contribution in [1.29, 1.82) is 0 Å². The number of amides is 2. The van der Waals surface area contributed by atoms with Crippen molar-refractivity contribution in [3.05, 3.63) is 29.3 Å². The number of piperidine rings is 1. The van der Waals surface area contributed by atoms with Crippen LogP contribution in [0.4, 0.5) is 0 Å². The molecule has 1 N–H and O–H groups in total. The van der Waals surface area contributed by atoms with Crippen LogP contribution in [-0.2, 0) is 35.8 Å². The van der Waals surface area contributed by atoms with Gasteiger partial charge >= 0.3 is 0 Å². The smallest absolute Gasteiger partial charge is 0.272 e. The number of hydrogen-bond acceptors (Lipinski definition) is 6. The van der Waals surface area contributed by atoms with E-state index in [4.69, 9.17) is 4.74 Å². The predicted molar refractivity (Wildman–Crippen MR) is 112 cm³/mol. The molecule has 0 aliphatic carbocycles. The molecule has 2 aromatic rings. The molecule has 1 atom stereocenters. The van der Waals surface area contributed by atoms with Gasteiger partial charge in [-0.3, -0.25) is 14.3 Å². The third kappa shape index (κ3) is 4.48. The standard InChI is InChI=1S/C21H31N7O3/c1-4-27-17(6-8-23-27)20(30)26-9-5-7-21(13-26)14-28-18(12-31-21)16(24-25-28)11-22-19(29)10-15(2)3/h6,8,15H,4-5,7,9-14H2,1-3H3,(H,22,29). The molecule has 0 radical (unpaired) electrons. The minimum Gasteiger partial charge on any atom is -0.365 e. The first-order valence-electron chi connectivity index (χ1n) is 11.0. The summed E-state index contributed by atoms with van der Waals surface area (Å²) in [5, 5.41) is 15.7. The van der Waals surface area contributed by atoms with Gasteiger partial charge in [0, 0.05) is 25.7 Å². The van der Waals surface area contributed by atoms with Gasteiger partial charge in [0.15, 0.2) is 0 Å². The van der Waals surface area contributed by atoms with Crippen LogP contribution in [0.3, 0.4) is 0 Å². The van der Waals surface area contributed by atoms with E-state index in [1.165, 1.54) is 0 Å². The first kappa shape index (κ1) is 21.5. The Morgan fingerprint density at radius 3 is 2.94 bits per heavy atom. The van der Waals surface area contributed by atoms with Gasteiger partial charge in [0.05, 0.1) is 31.9 Å². The summed E-state index contributed by atoms with van der Waals surface area (Å²) in [6.07, 6.45) is 3.89. The second-order valence-corrected chi connectivity index (χ2v) is 8.85. The molecule has 1 fully saturated rings. The van der Waals surface area contributed by atoms with E-state index in [-0.39, 0.29) is 11.8 Å². The van der Waals surface area contributed by atoms with Gasteiger partial charge in [-0.15, -0.1) is 5.10 Å². The number of carbonyl (C=O) groups excluding carboxylic acids is 2. The molecule has 168 valence electrons. The fraction of sp³-hybridized carbons (Fsp3) is 0.667. The maximum atomic E-state index is 13.1. The third-order valence-corrected chi connectivity index (χ3v) is 5.98. The summed E-state index contributed by atoms with van der Waals surface area (Å²) in [7, 11) is 0.